The van der Waals surface area contributed by atoms with Gasteiger partial charge in [-0.1, -0.05) is 29.8 Å². The average molecular weight is 582 g/mol. The summed E-state index contributed by atoms with van der Waals surface area (Å²) in [4.78, 5) is 26.9. The first-order chi connectivity index (χ1) is 18.3. The summed E-state index contributed by atoms with van der Waals surface area (Å²) in [6.45, 7) is 2.62. The Balaban J connectivity index is 1.83. The number of halogens is 3. The predicted octanol–water partition coefficient (Wildman–Crippen LogP) is 4.19. The lowest BCUT2D eigenvalue weighted by Crippen LogP contribution is -2.32. The molecule has 17 heteroatoms. The number of rotatable bonds is 7. The number of nitrogens with one attached hydrogen (secondary N) is 3. The number of aliphatic imine (C=N–C) groups is 1. The molecule has 1 aliphatic heterocycles. The molecule has 1 atom stereocenters. The van der Waals surface area contributed by atoms with Crippen molar-refractivity contribution in [2.24, 2.45) is 15.2 Å². The maximum Gasteiger partial charge on any atom is 0.356 e. The van der Waals surface area contributed by atoms with E-state index in [0.717, 1.165) is 4.68 Å². The van der Waals surface area contributed by atoms with Crippen LogP contribution in [-0.4, -0.2) is 46.2 Å². The molecule has 0 bridgehead atoms. The van der Waals surface area contributed by atoms with E-state index in [9.17, 15) is 36.4 Å². The van der Waals surface area contributed by atoms with Crippen LogP contribution < -0.4 is 16.2 Å². The molecule has 39 heavy (non-hydrogen) atoms. The molecule has 0 fully saturated rings. The molecule has 0 amide bonds. The summed E-state index contributed by atoms with van der Waals surface area (Å²) >= 11 is 5.84. The molecule has 13 nitrogen and oxygen atoms in total. The molecule has 5 N–H and O–H groups in total. The van der Waals surface area contributed by atoms with Crippen LogP contribution in [0.5, 0.6) is 0 Å². The molecule has 0 saturated carbocycles. The van der Waals surface area contributed by atoms with E-state index >= 15 is 0 Å². The first-order valence-electron chi connectivity index (χ1n) is 10.8. The minimum Gasteiger partial charge on any atom is -0.476 e. The minimum atomic E-state index is -4.99. The number of alkyl halides is 1. The van der Waals surface area contributed by atoms with E-state index < -0.39 is 61.2 Å². The lowest BCUT2D eigenvalue weighted by Gasteiger charge is -2.22. The summed E-state index contributed by atoms with van der Waals surface area (Å²) in [6, 6.07) is 9.34. The highest BCUT2D eigenvalue weighted by atomic mass is 35.5. The molecule has 1 unspecified atom stereocenters. The molecule has 1 aliphatic rings. The fraction of sp³-hybridized carbons (Fsp3) is 0.136. The van der Waals surface area contributed by atoms with Crippen LogP contribution in [0, 0.1) is 13.8 Å². The van der Waals surface area contributed by atoms with Gasteiger partial charge in [-0.15, -0.1) is 10.2 Å². The number of anilines is 1. The molecule has 4 rings (SSSR count). The summed E-state index contributed by atoms with van der Waals surface area (Å²) in [5, 5.41) is 23.5. The van der Waals surface area contributed by atoms with Crippen molar-refractivity contribution in [1.82, 2.24) is 15.1 Å². The SMILES string of the molecule is Cc1cc(N=Nc2c(C(=O)O)[nH]n(-c3ccccc3)c2=O)c(C)c(S(=O)(=O)O)c1NC1=C(Cl)C(F)N=C(F)N1. The third-order valence-electron chi connectivity index (χ3n) is 5.46. The van der Waals surface area contributed by atoms with Crippen molar-refractivity contribution >= 4 is 50.8 Å². The monoisotopic (exact) mass is 581 g/mol. The summed E-state index contributed by atoms with van der Waals surface area (Å²) in [6.07, 6.45) is -3.59. The van der Waals surface area contributed by atoms with Crippen molar-refractivity contribution in [3.63, 3.8) is 0 Å². The Morgan fingerprint density at radius 3 is 2.51 bits per heavy atom. The van der Waals surface area contributed by atoms with Crippen molar-refractivity contribution in [3.8, 4) is 5.69 Å². The molecule has 0 saturated heterocycles. The summed E-state index contributed by atoms with van der Waals surface area (Å²) in [7, 11) is -4.99. The van der Waals surface area contributed by atoms with E-state index in [1.54, 1.807) is 30.3 Å². The molecule has 1 aromatic heterocycles. The number of carboxylic acid groups (broad SMARTS) is 1. The second-order valence-electron chi connectivity index (χ2n) is 8.06. The number of benzene rings is 2. The van der Waals surface area contributed by atoms with Gasteiger partial charge in [-0.2, -0.15) is 17.8 Å². The van der Waals surface area contributed by atoms with E-state index in [2.05, 4.69) is 25.6 Å². The lowest BCUT2D eigenvalue weighted by molar-refractivity contribution is 0.0690. The fourth-order valence-corrected chi connectivity index (χ4v) is 4.77. The topological polar surface area (TPSA) is 191 Å². The molecule has 2 aromatic carbocycles. The fourth-order valence-electron chi connectivity index (χ4n) is 3.67. The van der Waals surface area contributed by atoms with Crippen molar-refractivity contribution in [1.29, 1.82) is 0 Å². The van der Waals surface area contributed by atoms with Crippen LogP contribution in [0.25, 0.3) is 5.69 Å². The van der Waals surface area contributed by atoms with Gasteiger partial charge in [-0.3, -0.25) is 14.4 Å². The zero-order valence-corrected chi connectivity index (χ0v) is 21.5. The first-order valence-corrected chi connectivity index (χ1v) is 12.6. The molecular formula is C22H18ClF2N7O6S. The third kappa shape index (κ3) is 5.43. The van der Waals surface area contributed by atoms with E-state index in [4.69, 9.17) is 11.6 Å². The molecule has 3 aromatic rings. The number of hydrogen-bond acceptors (Lipinski definition) is 9. The van der Waals surface area contributed by atoms with Crippen molar-refractivity contribution in [2.45, 2.75) is 25.0 Å². The standard InChI is InChI=1S/C22H18ClF2N7O6S/c1-9-8-12(29-30-15-16(21(34)35)31-32(20(15)33)11-6-4-3-5-7-11)10(2)17(39(36,37)38)14(9)26-19-13(23)18(24)27-22(25)28-19/h3-8,18,26,31H,1-2H3,(H,27,28)(H,34,35)(H,36,37,38). The Kier molecular flexibility index (Phi) is 7.36. The van der Waals surface area contributed by atoms with Crippen LogP contribution in [-0.2, 0) is 10.1 Å². The minimum absolute atomic E-state index is 0.0912. The molecular weight excluding hydrogens is 564 g/mol. The van der Waals surface area contributed by atoms with E-state index in [-0.39, 0.29) is 22.5 Å². The normalized spacial score (nSPS) is 15.8. The van der Waals surface area contributed by atoms with Gasteiger partial charge >= 0.3 is 5.97 Å². The number of nitrogens with zero attached hydrogens (tertiary/aromatic N) is 4. The van der Waals surface area contributed by atoms with Gasteiger partial charge in [0.25, 0.3) is 21.8 Å². The quantitative estimate of drug-likeness (QED) is 0.156. The third-order valence-corrected chi connectivity index (χ3v) is 6.86. The summed E-state index contributed by atoms with van der Waals surface area (Å²) < 4.78 is 63.1. The number of H-pyrrole nitrogens is 1. The number of carboxylic acids is 1. The number of aromatic nitrogens is 2. The molecule has 2 heterocycles. The summed E-state index contributed by atoms with van der Waals surface area (Å²) in [5.41, 5.74) is -2.24. The van der Waals surface area contributed by atoms with Gasteiger partial charge in [0.05, 0.1) is 17.1 Å². The highest BCUT2D eigenvalue weighted by Gasteiger charge is 2.28. The Hall–Kier alpha value is -4.41. The van der Waals surface area contributed by atoms with Crippen LogP contribution in [0.15, 0.2) is 72.2 Å². The predicted molar refractivity (Wildman–Crippen MR) is 136 cm³/mol. The number of azo groups is 1. The number of carbonyl (C=O) groups is 1. The Labute approximate surface area is 223 Å². The van der Waals surface area contributed by atoms with Crippen molar-refractivity contribution in [2.75, 3.05) is 5.32 Å². The number of aromatic amines is 1. The Bertz CT molecular complexity index is 1750. The Morgan fingerprint density at radius 2 is 1.90 bits per heavy atom. The number of hydrogen-bond donors (Lipinski definition) is 5. The van der Waals surface area contributed by atoms with Crippen molar-refractivity contribution in [3.05, 3.63) is 74.4 Å². The van der Waals surface area contributed by atoms with Crippen LogP contribution in [0.4, 0.5) is 25.8 Å². The number of aryl methyl sites for hydroxylation is 1. The van der Waals surface area contributed by atoms with Crippen LogP contribution in [0.1, 0.15) is 21.6 Å². The van der Waals surface area contributed by atoms with Gasteiger partial charge in [0.2, 0.25) is 6.30 Å². The van der Waals surface area contributed by atoms with E-state index in [0.29, 0.717) is 5.69 Å². The second-order valence-corrected chi connectivity index (χ2v) is 9.83. The highest BCUT2D eigenvalue weighted by molar-refractivity contribution is 7.86. The first kappa shape index (κ1) is 27.6. The maximum absolute atomic E-state index is 13.9. The second kappa shape index (κ2) is 10.4. The maximum atomic E-state index is 13.9. The van der Waals surface area contributed by atoms with Crippen molar-refractivity contribution < 1.29 is 31.7 Å². The number of amidine groups is 1. The van der Waals surface area contributed by atoms with E-state index in [1.807, 2.05) is 5.32 Å². The average Bonchev–Trinajstić information content (AvgIpc) is 3.19. The van der Waals surface area contributed by atoms with Crippen LogP contribution in [0.2, 0.25) is 0 Å². The zero-order valence-electron chi connectivity index (χ0n) is 19.9. The van der Waals surface area contributed by atoms with Gasteiger partial charge in [-0.05, 0) is 43.2 Å². The van der Waals surface area contributed by atoms with Crippen LogP contribution in [0.3, 0.4) is 0 Å². The van der Waals surface area contributed by atoms with Gasteiger partial charge < -0.3 is 15.7 Å². The van der Waals surface area contributed by atoms with Gasteiger partial charge in [-0.25, -0.2) is 13.9 Å². The smallest absolute Gasteiger partial charge is 0.356 e. The molecule has 0 aliphatic carbocycles. The number of aromatic carboxylic acids is 1. The van der Waals surface area contributed by atoms with E-state index in [1.165, 1.54) is 19.9 Å². The largest absolute Gasteiger partial charge is 0.476 e. The van der Waals surface area contributed by atoms with Gasteiger partial charge in [0.1, 0.15) is 15.7 Å². The lowest BCUT2D eigenvalue weighted by atomic mass is 10.1. The molecule has 0 spiro atoms. The van der Waals surface area contributed by atoms with Crippen LogP contribution >= 0.6 is 11.6 Å². The molecule has 0 radical (unpaired) electrons. The highest BCUT2D eigenvalue weighted by Crippen LogP contribution is 2.37. The summed E-state index contributed by atoms with van der Waals surface area (Å²) in [5.74, 6) is -1.97. The Morgan fingerprint density at radius 1 is 1.23 bits per heavy atom. The molecule has 204 valence electrons. The zero-order chi connectivity index (χ0) is 28.6. The number of para-hydroxylation sites is 1. The van der Waals surface area contributed by atoms with Gasteiger partial charge in [0.15, 0.2) is 11.4 Å². The van der Waals surface area contributed by atoms with Gasteiger partial charge in [0, 0.05) is 0 Å².